The minimum Gasteiger partial charge on any atom is -0.298 e. The maximum atomic E-state index is 13.2. The fourth-order valence-electron chi connectivity index (χ4n) is 1.92. The number of carbonyl (C=O) groups excluding carboxylic acids is 1. The molecule has 0 saturated heterocycles. The Morgan fingerprint density at radius 2 is 2.00 bits per heavy atom. The van der Waals surface area contributed by atoms with E-state index in [9.17, 15) is 13.6 Å². The van der Waals surface area contributed by atoms with Gasteiger partial charge in [-0.25, -0.2) is 13.8 Å². The van der Waals surface area contributed by atoms with Crippen LogP contribution >= 0.6 is 22.7 Å². The molecule has 0 aliphatic heterocycles. The third-order valence-electron chi connectivity index (χ3n) is 2.86. The van der Waals surface area contributed by atoms with Crippen LogP contribution in [0.15, 0.2) is 41.2 Å². The van der Waals surface area contributed by atoms with E-state index in [1.165, 1.54) is 34.8 Å². The Kier molecular flexibility index (Phi) is 4.26. The Morgan fingerprint density at radius 1 is 1.23 bits per heavy atom. The van der Waals surface area contributed by atoms with Crippen molar-refractivity contribution in [3.05, 3.63) is 68.9 Å². The maximum Gasteiger partial charge on any atom is 0.258 e. The average molecular weight is 336 g/mol. The summed E-state index contributed by atoms with van der Waals surface area (Å²) in [6.07, 6.45) is 1.96. The quantitative estimate of drug-likeness (QED) is 0.771. The predicted octanol–water partition coefficient (Wildman–Crippen LogP) is 4.33. The van der Waals surface area contributed by atoms with E-state index in [1.54, 1.807) is 17.6 Å². The van der Waals surface area contributed by atoms with Crippen molar-refractivity contribution >= 4 is 33.7 Å². The topological polar surface area (TPSA) is 42.0 Å². The third kappa shape index (κ3) is 3.55. The van der Waals surface area contributed by atoms with Crippen LogP contribution in [0.2, 0.25) is 0 Å². The van der Waals surface area contributed by atoms with Crippen LogP contribution in [0, 0.1) is 11.6 Å². The van der Waals surface area contributed by atoms with Crippen LogP contribution < -0.4 is 5.32 Å². The summed E-state index contributed by atoms with van der Waals surface area (Å²) in [7, 11) is 0. The molecule has 112 valence electrons. The number of halogens is 2. The second-order valence-electron chi connectivity index (χ2n) is 4.55. The highest BCUT2D eigenvalue weighted by molar-refractivity contribution is 7.15. The number of hydrogen-bond donors (Lipinski definition) is 1. The molecule has 1 aromatic carbocycles. The zero-order valence-corrected chi connectivity index (χ0v) is 12.8. The van der Waals surface area contributed by atoms with E-state index in [0.717, 1.165) is 10.9 Å². The number of hydrogen-bond acceptors (Lipinski definition) is 4. The second kappa shape index (κ2) is 6.33. The molecule has 1 amide bonds. The van der Waals surface area contributed by atoms with Crippen molar-refractivity contribution in [3.63, 3.8) is 0 Å². The van der Waals surface area contributed by atoms with Crippen LogP contribution in [-0.4, -0.2) is 10.9 Å². The first-order valence-corrected chi connectivity index (χ1v) is 8.09. The molecule has 2 heterocycles. The minimum atomic E-state index is -0.606. The lowest BCUT2D eigenvalue weighted by Crippen LogP contribution is -2.10. The lowest BCUT2D eigenvalue weighted by Gasteiger charge is -2.00. The first-order valence-electron chi connectivity index (χ1n) is 6.33. The number of thiazole rings is 1. The van der Waals surface area contributed by atoms with Gasteiger partial charge < -0.3 is 0 Å². The summed E-state index contributed by atoms with van der Waals surface area (Å²) < 4.78 is 26.3. The third-order valence-corrected chi connectivity index (χ3v) is 4.45. The van der Waals surface area contributed by atoms with Crippen LogP contribution in [-0.2, 0) is 6.42 Å². The van der Waals surface area contributed by atoms with Crippen molar-refractivity contribution < 1.29 is 13.6 Å². The zero-order valence-electron chi connectivity index (χ0n) is 11.2. The van der Waals surface area contributed by atoms with Crippen molar-refractivity contribution in [2.75, 3.05) is 5.32 Å². The highest BCUT2D eigenvalue weighted by Gasteiger charge is 2.10. The van der Waals surface area contributed by atoms with Gasteiger partial charge in [-0.1, -0.05) is 0 Å². The molecule has 2 aromatic heterocycles. The fraction of sp³-hybridized carbons (Fsp3) is 0.0667. The van der Waals surface area contributed by atoms with E-state index >= 15 is 0 Å². The second-order valence-corrected chi connectivity index (χ2v) is 6.45. The Balaban J connectivity index is 1.70. The molecule has 0 aliphatic rings. The van der Waals surface area contributed by atoms with Crippen molar-refractivity contribution in [2.24, 2.45) is 0 Å². The molecule has 0 atom stereocenters. The number of amides is 1. The first-order chi connectivity index (χ1) is 10.6. The summed E-state index contributed by atoms with van der Waals surface area (Å²) in [5.41, 5.74) is 1.10. The van der Waals surface area contributed by atoms with Crippen molar-refractivity contribution in [2.45, 2.75) is 6.42 Å². The van der Waals surface area contributed by atoms with E-state index in [2.05, 4.69) is 10.3 Å². The number of rotatable bonds is 4. The van der Waals surface area contributed by atoms with Crippen LogP contribution in [0.25, 0.3) is 0 Å². The number of nitrogens with one attached hydrogen (secondary N) is 1. The standard InChI is InChI=1S/C15H10F2N2OS2/c16-11-3-9(4-12(17)6-11)5-13-7-18-15(22-13)19-14(20)10-1-2-21-8-10/h1-4,6-8H,5H2,(H,18,19,20). The van der Waals surface area contributed by atoms with Crippen molar-refractivity contribution in [1.29, 1.82) is 0 Å². The van der Waals surface area contributed by atoms with Crippen LogP contribution in [0.4, 0.5) is 13.9 Å². The molecule has 0 fully saturated rings. The number of anilines is 1. The van der Waals surface area contributed by atoms with Crippen LogP contribution in [0.5, 0.6) is 0 Å². The largest absolute Gasteiger partial charge is 0.298 e. The smallest absolute Gasteiger partial charge is 0.258 e. The molecule has 0 aliphatic carbocycles. The molecule has 22 heavy (non-hydrogen) atoms. The molecule has 0 bridgehead atoms. The van der Waals surface area contributed by atoms with Crippen LogP contribution in [0.1, 0.15) is 20.8 Å². The molecular formula is C15H10F2N2OS2. The summed E-state index contributed by atoms with van der Waals surface area (Å²) in [5, 5.41) is 6.73. The monoisotopic (exact) mass is 336 g/mol. The molecule has 0 spiro atoms. The molecule has 1 N–H and O–H groups in total. The summed E-state index contributed by atoms with van der Waals surface area (Å²) in [6, 6.07) is 5.13. The maximum absolute atomic E-state index is 13.2. The highest BCUT2D eigenvalue weighted by atomic mass is 32.1. The van der Waals surface area contributed by atoms with Gasteiger partial charge in [0.1, 0.15) is 11.6 Å². The Bertz CT molecular complexity index is 779. The van der Waals surface area contributed by atoms with E-state index in [-0.39, 0.29) is 5.91 Å². The Morgan fingerprint density at radius 3 is 2.68 bits per heavy atom. The number of thiophene rings is 1. The van der Waals surface area contributed by atoms with Gasteiger partial charge in [0.15, 0.2) is 5.13 Å². The van der Waals surface area contributed by atoms with Gasteiger partial charge in [0.05, 0.1) is 5.56 Å². The SMILES string of the molecule is O=C(Nc1ncc(Cc2cc(F)cc(F)c2)s1)c1ccsc1. The van der Waals surface area contributed by atoms with Crippen molar-refractivity contribution in [3.8, 4) is 0 Å². The van der Waals surface area contributed by atoms with Gasteiger partial charge in [0.2, 0.25) is 0 Å². The van der Waals surface area contributed by atoms with Crippen LogP contribution in [0.3, 0.4) is 0 Å². The molecule has 7 heteroatoms. The minimum absolute atomic E-state index is 0.223. The summed E-state index contributed by atoms with van der Waals surface area (Å²) in [6.45, 7) is 0. The lowest BCUT2D eigenvalue weighted by atomic mass is 10.1. The van der Waals surface area contributed by atoms with E-state index in [4.69, 9.17) is 0 Å². The van der Waals surface area contributed by atoms with Gasteiger partial charge in [-0.15, -0.1) is 11.3 Å². The molecule has 0 radical (unpaired) electrons. The summed E-state index contributed by atoms with van der Waals surface area (Å²) >= 11 is 2.72. The molecule has 0 unspecified atom stereocenters. The predicted molar refractivity (Wildman–Crippen MR) is 83.6 cm³/mol. The number of benzene rings is 1. The number of nitrogens with zero attached hydrogens (tertiary/aromatic N) is 1. The number of carbonyl (C=O) groups is 1. The Labute approximate surface area is 133 Å². The van der Waals surface area contributed by atoms with Gasteiger partial charge in [0.25, 0.3) is 5.91 Å². The Hall–Kier alpha value is -2.12. The highest BCUT2D eigenvalue weighted by Crippen LogP contribution is 2.22. The van der Waals surface area contributed by atoms with Gasteiger partial charge in [0, 0.05) is 28.9 Å². The molecule has 3 rings (SSSR count). The molecule has 0 saturated carbocycles. The fourth-order valence-corrected chi connectivity index (χ4v) is 3.40. The van der Waals surface area contributed by atoms with Gasteiger partial charge in [-0.2, -0.15) is 11.3 Å². The summed E-state index contributed by atoms with van der Waals surface area (Å²) in [5.74, 6) is -1.44. The molecule has 3 aromatic rings. The van der Waals surface area contributed by atoms with Gasteiger partial charge in [-0.05, 0) is 29.1 Å². The number of aromatic nitrogens is 1. The van der Waals surface area contributed by atoms with Gasteiger partial charge >= 0.3 is 0 Å². The van der Waals surface area contributed by atoms with Crippen molar-refractivity contribution in [1.82, 2.24) is 4.98 Å². The van der Waals surface area contributed by atoms with E-state index < -0.39 is 11.6 Å². The molecule has 3 nitrogen and oxygen atoms in total. The van der Waals surface area contributed by atoms with Gasteiger partial charge in [-0.3, -0.25) is 10.1 Å². The lowest BCUT2D eigenvalue weighted by molar-refractivity contribution is 0.102. The summed E-state index contributed by atoms with van der Waals surface area (Å²) in [4.78, 5) is 16.8. The normalized spacial score (nSPS) is 10.6. The zero-order chi connectivity index (χ0) is 15.5. The first kappa shape index (κ1) is 14.8. The average Bonchev–Trinajstić information content (AvgIpc) is 3.09. The molecular weight excluding hydrogens is 326 g/mol. The van der Waals surface area contributed by atoms with E-state index in [1.807, 2.05) is 5.38 Å². The van der Waals surface area contributed by atoms with E-state index in [0.29, 0.717) is 22.7 Å².